The number of rotatable bonds is 6. The van der Waals surface area contributed by atoms with Crippen molar-refractivity contribution in [1.82, 2.24) is 0 Å². The molecule has 1 aliphatic heterocycles. The van der Waals surface area contributed by atoms with Crippen molar-refractivity contribution in [3.8, 4) is 0 Å². The summed E-state index contributed by atoms with van der Waals surface area (Å²) in [6, 6.07) is 24.1. The van der Waals surface area contributed by atoms with Crippen LogP contribution in [0, 0.1) is 0 Å². The van der Waals surface area contributed by atoms with Gasteiger partial charge in [0.25, 0.3) is 5.91 Å². The van der Waals surface area contributed by atoms with E-state index in [9.17, 15) is 14.4 Å². The summed E-state index contributed by atoms with van der Waals surface area (Å²) >= 11 is 0. The van der Waals surface area contributed by atoms with E-state index in [1.807, 2.05) is 90.7 Å². The van der Waals surface area contributed by atoms with E-state index in [0.29, 0.717) is 18.6 Å². The molecule has 1 heterocycles. The summed E-state index contributed by atoms with van der Waals surface area (Å²) in [4.78, 5) is 41.8. The average molecular weight is 471 g/mol. The summed E-state index contributed by atoms with van der Waals surface area (Å²) in [7, 11) is 0. The summed E-state index contributed by atoms with van der Waals surface area (Å²) in [6.07, 6.45) is 0.786. The molecular weight excluding hydrogens is 440 g/mol. The maximum absolute atomic E-state index is 13.4. The molecule has 2 unspecified atom stereocenters. The molecule has 0 saturated carbocycles. The number of para-hydroxylation sites is 1. The fourth-order valence-corrected chi connectivity index (χ4v) is 4.79. The first-order chi connectivity index (χ1) is 16.9. The van der Waals surface area contributed by atoms with Gasteiger partial charge in [-0.25, -0.2) is 0 Å². The van der Waals surface area contributed by atoms with E-state index in [1.165, 1.54) is 0 Å². The van der Waals surface area contributed by atoms with Crippen LogP contribution in [0.4, 0.5) is 11.4 Å². The molecule has 0 saturated heterocycles. The Hall–Kier alpha value is -3.93. The van der Waals surface area contributed by atoms with Crippen LogP contribution in [-0.4, -0.2) is 30.4 Å². The zero-order valence-corrected chi connectivity index (χ0v) is 20.3. The van der Waals surface area contributed by atoms with Gasteiger partial charge in [-0.2, -0.15) is 0 Å². The second-order valence-electron chi connectivity index (χ2n) is 8.74. The van der Waals surface area contributed by atoms with Crippen LogP contribution < -0.4 is 9.80 Å². The Kier molecular flexibility index (Phi) is 7.30. The van der Waals surface area contributed by atoms with E-state index >= 15 is 0 Å². The van der Waals surface area contributed by atoms with Crippen molar-refractivity contribution in [1.29, 1.82) is 0 Å². The van der Waals surface area contributed by atoms with Gasteiger partial charge >= 0.3 is 5.97 Å². The Bertz CT molecular complexity index is 1210. The summed E-state index contributed by atoms with van der Waals surface area (Å²) in [6.45, 7) is 5.70. The molecule has 3 aromatic rings. The molecule has 0 radical (unpaired) electrons. The molecule has 0 N–H and O–H groups in total. The van der Waals surface area contributed by atoms with Crippen LogP contribution in [0.15, 0.2) is 78.9 Å². The minimum Gasteiger partial charge on any atom is -0.466 e. The molecule has 6 nitrogen and oxygen atoms in total. The van der Waals surface area contributed by atoms with Crippen molar-refractivity contribution < 1.29 is 19.1 Å². The minimum absolute atomic E-state index is 0.0540. The lowest BCUT2D eigenvalue weighted by atomic mass is 9.89. The normalized spacial score (nSPS) is 16.8. The smallest absolute Gasteiger partial charge is 0.310 e. The third-order valence-electron chi connectivity index (χ3n) is 6.32. The number of benzene rings is 3. The van der Waals surface area contributed by atoms with Crippen molar-refractivity contribution in [3.63, 3.8) is 0 Å². The lowest BCUT2D eigenvalue weighted by Crippen LogP contribution is -2.47. The first kappa shape index (κ1) is 24.2. The fourth-order valence-electron chi connectivity index (χ4n) is 4.79. The Morgan fingerprint density at radius 1 is 0.943 bits per heavy atom. The monoisotopic (exact) mass is 470 g/mol. The molecule has 0 bridgehead atoms. The SMILES string of the molecule is CCOC(=O)Cc1ccc(N(C(C)=O)C2CC(C)N(C(=O)c3ccccc3)c3ccccc32)cc1. The number of hydrogen-bond acceptors (Lipinski definition) is 4. The van der Waals surface area contributed by atoms with E-state index in [2.05, 4.69) is 0 Å². The number of fused-ring (bicyclic) bond motifs is 1. The Balaban J connectivity index is 1.67. The topological polar surface area (TPSA) is 66.9 Å². The van der Waals surface area contributed by atoms with Gasteiger partial charge in [0.05, 0.1) is 19.1 Å². The van der Waals surface area contributed by atoms with Crippen LogP contribution >= 0.6 is 0 Å². The summed E-state index contributed by atoms with van der Waals surface area (Å²) in [5, 5.41) is 0. The van der Waals surface area contributed by atoms with Crippen molar-refractivity contribution in [2.24, 2.45) is 0 Å². The number of nitrogens with zero attached hydrogens (tertiary/aromatic N) is 2. The summed E-state index contributed by atoms with van der Waals surface area (Å²) in [5.74, 6) is -0.415. The average Bonchev–Trinajstić information content (AvgIpc) is 2.85. The molecule has 1 aliphatic rings. The zero-order chi connectivity index (χ0) is 24.9. The first-order valence-corrected chi connectivity index (χ1v) is 11.9. The van der Waals surface area contributed by atoms with Crippen molar-refractivity contribution in [2.75, 3.05) is 16.4 Å². The van der Waals surface area contributed by atoms with Crippen molar-refractivity contribution in [3.05, 3.63) is 95.6 Å². The number of hydrogen-bond donors (Lipinski definition) is 0. The predicted molar refractivity (Wildman–Crippen MR) is 136 cm³/mol. The number of ether oxygens (including phenoxy) is 1. The van der Waals surface area contributed by atoms with Crippen molar-refractivity contribution in [2.45, 2.75) is 45.7 Å². The third-order valence-corrected chi connectivity index (χ3v) is 6.32. The number of amides is 2. The Morgan fingerprint density at radius 2 is 1.60 bits per heavy atom. The van der Waals surface area contributed by atoms with E-state index in [-0.39, 0.29) is 36.3 Å². The maximum Gasteiger partial charge on any atom is 0.310 e. The van der Waals surface area contributed by atoms with Gasteiger partial charge in [-0.05, 0) is 61.7 Å². The van der Waals surface area contributed by atoms with Gasteiger partial charge in [-0.1, -0.05) is 48.5 Å². The number of carbonyl (C=O) groups is 3. The van der Waals surface area contributed by atoms with Crippen LogP contribution in [0.1, 0.15) is 54.7 Å². The second-order valence-corrected chi connectivity index (χ2v) is 8.74. The van der Waals surface area contributed by atoms with E-state index in [0.717, 1.165) is 22.5 Å². The van der Waals surface area contributed by atoms with Gasteiger partial charge in [0, 0.05) is 29.9 Å². The highest BCUT2D eigenvalue weighted by Gasteiger charge is 2.38. The van der Waals surface area contributed by atoms with Gasteiger partial charge in [0.2, 0.25) is 5.91 Å². The van der Waals surface area contributed by atoms with Gasteiger partial charge in [-0.3, -0.25) is 14.4 Å². The molecule has 2 amide bonds. The highest BCUT2D eigenvalue weighted by atomic mass is 16.5. The molecule has 180 valence electrons. The van der Waals surface area contributed by atoms with Crippen molar-refractivity contribution >= 4 is 29.2 Å². The lowest BCUT2D eigenvalue weighted by Gasteiger charge is -2.43. The number of esters is 1. The van der Waals surface area contributed by atoms with Gasteiger partial charge < -0.3 is 14.5 Å². The zero-order valence-electron chi connectivity index (χ0n) is 20.3. The molecule has 6 heteroatoms. The highest BCUT2D eigenvalue weighted by Crippen LogP contribution is 2.42. The molecule has 0 aliphatic carbocycles. The molecule has 0 fully saturated rings. The molecule has 0 aromatic heterocycles. The van der Waals surface area contributed by atoms with Crippen LogP contribution in [0.3, 0.4) is 0 Å². The third kappa shape index (κ3) is 5.11. The first-order valence-electron chi connectivity index (χ1n) is 11.9. The maximum atomic E-state index is 13.4. The fraction of sp³-hybridized carbons (Fsp3) is 0.276. The quantitative estimate of drug-likeness (QED) is 0.457. The lowest BCUT2D eigenvalue weighted by molar-refractivity contribution is -0.142. The molecule has 0 spiro atoms. The number of anilines is 2. The van der Waals surface area contributed by atoms with Crippen LogP contribution in [0.25, 0.3) is 0 Å². The van der Waals surface area contributed by atoms with Gasteiger partial charge in [0.1, 0.15) is 0 Å². The largest absolute Gasteiger partial charge is 0.466 e. The Morgan fingerprint density at radius 3 is 2.26 bits per heavy atom. The Labute approximate surface area is 206 Å². The number of carbonyl (C=O) groups excluding carboxylic acids is 3. The van der Waals surface area contributed by atoms with Gasteiger partial charge in [0.15, 0.2) is 0 Å². The van der Waals surface area contributed by atoms with E-state index in [4.69, 9.17) is 4.74 Å². The molecule has 3 aromatic carbocycles. The summed E-state index contributed by atoms with van der Waals surface area (Å²) < 4.78 is 5.03. The molecule has 2 atom stereocenters. The van der Waals surface area contributed by atoms with Crippen LogP contribution in [0.5, 0.6) is 0 Å². The van der Waals surface area contributed by atoms with Crippen LogP contribution in [0.2, 0.25) is 0 Å². The van der Waals surface area contributed by atoms with Gasteiger partial charge in [-0.15, -0.1) is 0 Å². The highest BCUT2D eigenvalue weighted by molar-refractivity contribution is 6.07. The van der Waals surface area contributed by atoms with Crippen LogP contribution in [-0.2, 0) is 20.7 Å². The standard InChI is InChI=1S/C29H30N2O4/c1-4-35-28(33)19-22-14-16-24(17-15-22)31(21(3)32)27-18-20(2)30(26-13-9-8-12-25(26)27)29(34)23-10-6-5-7-11-23/h5-17,20,27H,4,18-19H2,1-3H3. The van der Waals surface area contributed by atoms with E-state index < -0.39 is 0 Å². The predicted octanol–water partition coefficient (Wildman–Crippen LogP) is 5.33. The summed E-state index contributed by atoms with van der Waals surface area (Å²) in [5.41, 5.74) is 3.96. The molecule has 35 heavy (non-hydrogen) atoms. The molecule has 4 rings (SSSR count). The second kappa shape index (κ2) is 10.6. The molecular formula is C29H30N2O4. The van der Waals surface area contributed by atoms with E-state index in [1.54, 1.807) is 18.7 Å². The minimum atomic E-state index is -0.276.